The molecule has 0 unspecified atom stereocenters. The number of fused-ring (bicyclic) bond motifs is 2. The summed E-state index contributed by atoms with van der Waals surface area (Å²) in [5.74, 6) is 0.117. The van der Waals surface area contributed by atoms with Crippen molar-refractivity contribution in [2.45, 2.75) is 31.7 Å². The van der Waals surface area contributed by atoms with Gasteiger partial charge in [-0.15, -0.1) is 4.40 Å². The normalized spacial score (nSPS) is 14.9. The predicted molar refractivity (Wildman–Crippen MR) is 119 cm³/mol. The molecule has 4 rings (SSSR count). The number of anilines is 1. The molecular weight excluding hydrogens is 398 g/mol. The number of carbonyl (C=O) groups excluding carboxylic acids is 1. The highest BCUT2D eigenvalue weighted by Crippen LogP contribution is 2.32. The van der Waals surface area contributed by atoms with Crippen LogP contribution >= 0.6 is 0 Å². The molecule has 6 nitrogen and oxygen atoms in total. The monoisotopic (exact) mass is 421 g/mol. The standard InChI is InChI=1S/C23H23N3O3S/c1-3-13-26-16(2)25-30(28,29)22-14-18(11-12-21(22)26)23(27)24-15-19-9-6-8-17-7-4-5-10-20(17)19/h4-12,14H,3,13,15H2,1-2H3,(H,24,27). The van der Waals surface area contributed by atoms with Gasteiger partial charge in [-0.2, -0.15) is 8.42 Å². The largest absolute Gasteiger partial charge is 0.348 e. The summed E-state index contributed by atoms with van der Waals surface area (Å²) < 4.78 is 29.0. The molecule has 1 amide bonds. The van der Waals surface area contributed by atoms with E-state index in [1.807, 2.05) is 54.3 Å². The number of nitrogens with one attached hydrogen (secondary N) is 1. The van der Waals surface area contributed by atoms with Crippen LogP contribution < -0.4 is 10.2 Å². The number of hydrogen-bond donors (Lipinski definition) is 1. The third kappa shape index (κ3) is 3.68. The van der Waals surface area contributed by atoms with Gasteiger partial charge in [0.05, 0.1) is 5.69 Å². The van der Waals surface area contributed by atoms with E-state index in [0.717, 1.165) is 22.8 Å². The van der Waals surface area contributed by atoms with Gasteiger partial charge in [0, 0.05) is 18.7 Å². The summed E-state index contributed by atoms with van der Waals surface area (Å²) in [7, 11) is -3.83. The van der Waals surface area contributed by atoms with Crippen LogP contribution in [0.5, 0.6) is 0 Å². The molecule has 1 aliphatic rings. The quantitative estimate of drug-likeness (QED) is 0.673. The SMILES string of the molecule is CCCN1C(C)=NS(=O)(=O)c2cc(C(=O)NCc3cccc4ccccc34)ccc21. The van der Waals surface area contributed by atoms with Crippen LogP contribution in [0.3, 0.4) is 0 Å². The number of hydrogen-bond acceptors (Lipinski definition) is 4. The summed E-state index contributed by atoms with van der Waals surface area (Å²) in [6, 6.07) is 18.7. The van der Waals surface area contributed by atoms with Gasteiger partial charge in [0.25, 0.3) is 15.9 Å². The van der Waals surface area contributed by atoms with Crippen LogP contribution in [-0.2, 0) is 16.6 Å². The Morgan fingerprint density at radius 1 is 1.07 bits per heavy atom. The molecule has 1 aliphatic heterocycles. The second-order valence-electron chi connectivity index (χ2n) is 7.27. The molecule has 30 heavy (non-hydrogen) atoms. The Labute approximate surface area is 176 Å². The van der Waals surface area contributed by atoms with Crippen molar-refractivity contribution in [1.82, 2.24) is 5.32 Å². The molecule has 1 heterocycles. The van der Waals surface area contributed by atoms with Gasteiger partial charge < -0.3 is 10.2 Å². The van der Waals surface area contributed by atoms with E-state index < -0.39 is 10.0 Å². The molecular formula is C23H23N3O3S. The van der Waals surface area contributed by atoms with Gasteiger partial charge in [0.2, 0.25) is 0 Å². The van der Waals surface area contributed by atoms with Crippen molar-refractivity contribution in [1.29, 1.82) is 0 Å². The van der Waals surface area contributed by atoms with Gasteiger partial charge in [0.15, 0.2) is 0 Å². The van der Waals surface area contributed by atoms with Crippen molar-refractivity contribution < 1.29 is 13.2 Å². The van der Waals surface area contributed by atoms with Crippen LogP contribution in [0.4, 0.5) is 5.69 Å². The van der Waals surface area contributed by atoms with Crippen molar-refractivity contribution in [3.8, 4) is 0 Å². The molecule has 0 radical (unpaired) electrons. The number of benzene rings is 3. The predicted octanol–water partition coefficient (Wildman–Crippen LogP) is 4.11. The molecule has 0 saturated carbocycles. The molecule has 0 atom stereocenters. The van der Waals surface area contributed by atoms with Crippen molar-refractivity contribution in [2.24, 2.45) is 4.40 Å². The first kappa shape index (κ1) is 20.1. The van der Waals surface area contributed by atoms with Gasteiger partial charge in [-0.25, -0.2) is 0 Å². The second kappa shape index (κ2) is 7.91. The number of carbonyl (C=O) groups is 1. The Morgan fingerprint density at radius 2 is 1.83 bits per heavy atom. The highest BCUT2D eigenvalue weighted by molar-refractivity contribution is 7.90. The third-order valence-corrected chi connectivity index (χ3v) is 6.59. The highest BCUT2D eigenvalue weighted by atomic mass is 32.2. The first-order chi connectivity index (χ1) is 14.4. The smallest absolute Gasteiger partial charge is 0.286 e. The first-order valence-electron chi connectivity index (χ1n) is 9.88. The van der Waals surface area contributed by atoms with Crippen molar-refractivity contribution in [2.75, 3.05) is 11.4 Å². The fourth-order valence-electron chi connectivity index (χ4n) is 3.76. The van der Waals surface area contributed by atoms with Crippen molar-refractivity contribution >= 4 is 38.2 Å². The molecule has 154 valence electrons. The van der Waals surface area contributed by atoms with E-state index in [0.29, 0.717) is 30.2 Å². The molecule has 0 fully saturated rings. The number of sulfonamides is 1. The summed E-state index contributed by atoms with van der Waals surface area (Å²) in [4.78, 5) is 14.7. The number of rotatable bonds is 5. The molecule has 3 aromatic rings. The van der Waals surface area contributed by atoms with Crippen LogP contribution in [0.15, 0.2) is 70.0 Å². The van der Waals surface area contributed by atoms with Crippen molar-refractivity contribution in [3.63, 3.8) is 0 Å². The first-order valence-corrected chi connectivity index (χ1v) is 11.3. The lowest BCUT2D eigenvalue weighted by atomic mass is 10.0. The van der Waals surface area contributed by atoms with E-state index in [-0.39, 0.29) is 10.8 Å². The lowest BCUT2D eigenvalue weighted by Gasteiger charge is -2.29. The lowest BCUT2D eigenvalue weighted by Crippen LogP contribution is -2.34. The Balaban J connectivity index is 1.60. The minimum Gasteiger partial charge on any atom is -0.348 e. The molecule has 0 bridgehead atoms. The minimum absolute atomic E-state index is 0.0689. The van der Waals surface area contributed by atoms with Crippen molar-refractivity contribution in [3.05, 3.63) is 71.8 Å². The van der Waals surface area contributed by atoms with Crippen LogP contribution in [0.2, 0.25) is 0 Å². The molecule has 1 N–H and O–H groups in total. The molecule has 0 spiro atoms. The zero-order chi connectivity index (χ0) is 21.3. The van der Waals surface area contributed by atoms with Gasteiger partial charge >= 0.3 is 0 Å². The number of amides is 1. The van der Waals surface area contributed by atoms with Crippen LogP contribution in [0.1, 0.15) is 36.2 Å². The van der Waals surface area contributed by atoms with E-state index in [9.17, 15) is 13.2 Å². The van der Waals surface area contributed by atoms with E-state index in [2.05, 4.69) is 9.71 Å². The molecule has 0 aromatic heterocycles. The Hall–Kier alpha value is -3.19. The highest BCUT2D eigenvalue weighted by Gasteiger charge is 2.29. The summed E-state index contributed by atoms with van der Waals surface area (Å²) in [5.41, 5.74) is 1.86. The maximum atomic E-state index is 12.8. The number of nitrogens with zero attached hydrogens (tertiary/aromatic N) is 2. The summed E-state index contributed by atoms with van der Waals surface area (Å²) in [6.07, 6.45) is 0.847. The average molecular weight is 422 g/mol. The van der Waals surface area contributed by atoms with Crippen LogP contribution in [0.25, 0.3) is 10.8 Å². The molecule has 0 saturated heterocycles. The minimum atomic E-state index is -3.83. The van der Waals surface area contributed by atoms with Crippen LogP contribution in [0, 0.1) is 0 Å². The summed E-state index contributed by atoms with van der Waals surface area (Å²) in [5, 5.41) is 5.09. The summed E-state index contributed by atoms with van der Waals surface area (Å²) >= 11 is 0. The van der Waals surface area contributed by atoms with Gasteiger partial charge in [-0.3, -0.25) is 4.79 Å². The Kier molecular flexibility index (Phi) is 5.30. The number of amidine groups is 1. The van der Waals surface area contributed by atoms with E-state index in [1.54, 1.807) is 19.1 Å². The zero-order valence-corrected chi connectivity index (χ0v) is 17.7. The molecule has 7 heteroatoms. The maximum absolute atomic E-state index is 12.8. The van der Waals surface area contributed by atoms with Gasteiger partial charge in [0.1, 0.15) is 10.7 Å². The fraction of sp³-hybridized carbons (Fsp3) is 0.217. The average Bonchev–Trinajstić information content (AvgIpc) is 2.74. The zero-order valence-electron chi connectivity index (χ0n) is 16.9. The molecule has 3 aromatic carbocycles. The topological polar surface area (TPSA) is 78.8 Å². The fourth-order valence-corrected chi connectivity index (χ4v) is 5.02. The summed E-state index contributed by atoms with van der Waals surface area (Å²) in [6.45, 7) is 4.71. The van der Waals surface area contributed by atoms with Gasteiger partial charge in [-0.05, 0) is 47.9 Å². The molecule has 0 aliphatic carbocycles. The van der Waals surface area contributed by atoms with E-state index >= 15 is 0 Å². The van der Waals surface area contributed by atoms with E-state index in [1.165, 1.54) is 6.07 Å². The Morgan fingerprint density at radius 3 is 2.63 bits per heavy atom. The maximum Gasteiger partial charge on any atom is 0.286 e. The Bertz CT molecular complexity index is 1260. The van der Waals surface area contributed by atoms with E-state index in [4.69, 9.17) is 0 Å². The van der Waals surface area contributed by atoms with Crippen LogP contribution in [-0.4, -0.2) is 26.7 Å². The lowest BCUT2D eigenvalue weighted by molar-refractivity contribution is 0.0951. The second-order valence-corrected chi connectivity index (χ2v) is 8.84. The third-order valence-electron chi connectivity index (χ3n) is 5.20. The van der Waals surface area contributed by atoms with Gasteiger partial charge in [-0.1, -0.05) is 49.4 Å².